The second-order valence-corrected chi connectivity index (χ2v) is 8.18. The van der Waals surface area contributed by atoms with Gasteiger partial charge in [-0.2, -0.15) is 5.10 Å². The molecule has 4 rings (SSSR count). The zero-order valence-corrected chi connectivity index (χ0v) is 18.9. The largest absolute Gasteiger partial charge is 0.352 e. The van der Waals surface area contributed by atoms with Crippen LogP contribution in [-0.2, 0) is 0 Å². The van der Waals surface area contributed by atoms with E-state index in [0.29, 0.717) is 37.7 Å². The van der Waals surface area contributed by atoms with Crippen molar-refractivity contribution in [1.29, 1.82) is 0 Å². The van der Waals surface area contributed by atoms with Crippen molar-refractivity contribution in [2.45, 2.75) is 33.1 Å². The predicted molar refractivity (Wildman–Crippen MR) is 123 cm³/mol. The first-order valence-electron chi connectivity index (χ1n) is 10.8. The quantitative estimate of drug-likeness (QED) is 0.650. The molecule has 1 N–H and O–H groups in total. The molecule has 9 heteroatoms. The minimum atomic E-state index is -0.0122. The van der Waals surface area contributed by atoms with Crippen LogP contribution in [0.2, 0.25) is 5.02 Å². The number of rotatable bonds is 5. The molecule has 1 unspecified atom stereocenters. The minimum Gasteiger partial charge on any atom is -0.352 e. The summed E-state index contributed by atoms with van der Waals surface area (Å²) < 4.78 is 1.79. The maximum absolute atomic E-state index is 12.2. The Morgan fingerprint density at radius 2 is 1.90 bits per heavy atom. The Morgan fingerprint density at radius 3 is 2.58 bits per heavy atom. The summed E-state index contributed by atoms with van der Waals surface area (Å²) >= 11 is 6.45. The number of para-hydroxylation sites is 1. The lowest BCUT2D eigenvalue weighted by molar-refractivity contribution is 0.195. The highest BCUT2D eigenvalue weighted by atomic mass is 35.5. The molecule has 164 valence electrons. The van der Waals surface area contributed by atoms with Crippen LogP contribution >= 0.6 is 11.6 Å². The standard InChI is InChI=1S/C22H28ClN7O/c1-4-15(3)19-26-20(28-10-12-29(13-11-28)22(31)24-5-2)16-14-25-30(21(16)27-19)18-9-7-6-8-17(18)23/h6-9,14-15H,4-5,10-13H2,1-3H3,(H,24,31). The topological polar surface area (TPSA) is 79.2 Å². The van der Waals surface area contributed by atoms with Crippen molar-refractivity contribution in [3.8, 4) is 5.69 Å². The van der Waals surface area contributed by atoms with Gasteiger partial charge in [0.2, 0.25) is 0 Å². The number of benzene rings is 1. The lowest BCUT2D eigenvalue weighted by atomic mass is 10.1. The van der Waals surface area contributed by atoms with E-state index < -0.39 is 0 Å². The molecule has 0 spiro atoms. The summed E-state index contributed by atoms with van der Waals surface area (Å²) in [4.78, 5) is 26.1. The molecule has 0 radical (unpaired) electrons. The summed E-state index contributed by atoms with van der Waals surface area (Å²) in [5.41, 5.74) is 1.54. The monoisotopic (exact) mass is 441 g/mol. The van der Waals surface area contributed by atoms with E-state index in [2.05, 4.69) is 29.2 Å². The molecular weight excluding hydrogens is 414 g/mol. The smallest absolute Gasteiger partial charge is 0.317 e. The van der Waals surface area contributed by atoms with Crippen molar-refractivity contribution in [1.82, 2.24) is 30.0 Å². The molecule has 2 aromatic heterocycles. The van der Waals surface area contributed by atoms with Gasteiger partial charge >= 0.3 is 6.03 Å². The molecule has 3 heterocycles. The average molecular weight is 442 g/mol. The fourth-order valence-electron chi connectivity index (χ4n) is 3.74. The molecule has 0 aliphatic carbocycles. The van der Waals surface area contributed by atoms with Crippen LogP contribution in [0.4, 0.5) is 10.6 Å². The third-order valence-electron chi connectivity index (χ3n) is 5.75. The van der Waals surface area contributed by atoms with Crippen LogP contribution in [0.25, 0.3) is 16.7 Å². The van der Waals surface area contributed by atoms with Gasteiger partial charge in [0.15, 0.2) is 5.65 Å². The number of hydrogen-bond donors (Lipinski definition) is 1. The SMILES string of the molecule is CCNC(=O)N1CCN(c2nc(C(C)CC)nc3c2cnn3-c2ccccc2Cl)CC1. The van der Waals surface area contributed by atoms with E-state index in [1.54, 1.807) is 4.68 Å². The molecule has 1 aliphatic heterocycles. The Balaban J connectivity index is 1.74. The highest BCUT2D eigenvalue weighted by molar-refractivity contribution is 6.32. The third-order valence-corrected chi connectivity index (χ3v) is 6.07. The summed E-state index contributed by atoms with van der Waals surface area (Å²) in [5.74, 6) is 1.88. The molecule has 0 bridgehead atoms. The van der Waals surface area contributed by atoms with Crippen LogP contribution < -0.4 is 10.2 Å². The Labute approximate surface area is 187 Å². The maximum atomic E-state index is 12.2. The summed E-state index contributed by atoms with van der Waals surface area (Å²) in [6, 6.07) is 7.61. The number of halogens is 1. The number of amides is 2. The van der Waals surface area contributed by atoms with E-state index in [9.17, 15) is 4.79 Å². The molecule has 1 fully saturated rings. The Kier molecular flexibility index (Phi) is 6.27. The van der Waals surface area contributed by atoms with Gasteiger partial charge in [-0.3, -0.25) is 0 Å². The normalized spacial score (nSPS) is 15.4. The van der Waals surface area contributed by atoms with Crippen LogP contribution in [0.5, 0.6) is 0 Å². The van der Waals surface area contributed by atoms with E-state index in [0.717, 1.165) is 34.8 Å². The summed E-state index contributed by atoms with van der Waals surface area (Å²) in [5, 5.41) is 8.99. The summed E-state index contributed by atoms with van der Waals surface area (Å²) in [6.07, 6.45) is 2.75. The lowest BCUT2D eigenvalue weighted by Crippen LogP contribution is -2.52. The number of urea groups is 1. The lowest BCUT2D eigenvalue weighted by Gasteiger charge is -2.35. The number of hydrogen-bond acceptors (Lipinski definition) is 5. The van der Waals surface area contributed by atoms with E-state index in [-0.39, 0.29) is 11.9 Å². The van der Waals surface area contributed by atoms with Crippen molar-refractivity contribution in [2.75, 3.05) is 37.6 Å². The molecule has 2 amide bonds. The highest BCUT2D eigenvalue weighted by Gasteiger charge is 2.25. The number of carbonyl (C=O) groups is 1. The van der Waals surface area contributed by atoms with Gasteiger partial charge in [-0.1, -0.05) is 37.6 Å². The van der Waals surface area contributed by atoms with Gasteiger partial charge in [0, 0.05) is 38.6 Å². The minimum absolute atomic E-state index is 0.0122. The first kappa shape index (κ1) is 21.4. The number of nitrogens with one attached hydrogen (secondary N) is 1. The third kappa shape index (κ3) is 4.17. The fourth-order valence-corrected chi connectivity index (χ4v) is 3.95. The zero-order valence-electron chi connectivity index (χ0n) is 18.2. The van der Waals surface area contributed by atoms with E-state index in [1.165, 1.54) is 0 Å². The van der Waals surface area contributed by atoms with Crippen molar-refractivity contribution >= 4 is 34.5 Å². The first-order chi connectivity index (χ1) is 15.0. The van der Waals surface area contributed by atoms with Gasteiger partial charge in [0.25, 0.3) is 0 Å². The van der Waals surface area contributed by atoms with Crippen molar-refractivity contribution < 1.29 is 4.79 Å². The number of carbonyl (C=O) groups excluding carboxylic acids is 1. The van der Waals surface area contributed by atoms with Crippen LogP contribution in [0, 0.1) is 0 Å². The molecule has 1 saturated heterocycles. The van der Waals surface area contributed by atoms with Crippen LogP contribution in [0.3, 0.4) is 0 Å². The second kappa shape index (κ2) is 9.09. The zero-order chi connectivity index (χ0) is 22.0. The van der Waals surface area contributed by atoms with E-state index >= 15 is 0 Å². The molecule has 8 nitrogen and oxygen atoms in total. The molecule has 1 aromatic carbocycles. The van der Waals surface area contributed by atoms with Gasteiger partial charge in [-0.25, -0.2) is 19.4 Å². The number of piperazine rings is 1. The molecule has 0 saturated carbocycles. The molecule has 1 aliphatic rings. The first-order valence-corrected chi connectivity index (χ1v) is 11.2. The summed E-state index contributed by atoms with van der Waals surface area (Å²) in [7, 11) is 0. The Hall–Kier alpha value is -2.87. The fraction of sp³-hybridized carbons (Fsp3) is 0.455. The molecule has 1 atom stereocenters. The second-order valence-electron chi connectivity index (χ2n) is 7.77. The molecule has 3 aromatic rings. The van der Waals surface area contributed by atoms with Gasteiger partial charge in [0.05, 0.1) is 22.3 Å². The van der Waals surface area contributed by atoms with Crippen LogP contribution in [0.1, 0.15) is 38.9 Å². The van der Waals surface area contributed by atoms with Crippen molar-refractivity contribution in [2.24, 2.45) is 0 Å². The number of aromatic nitrogens is 4. The van der Waals surface area contributed by atoms with Crippen molar-refractivity contribution in [3.63, 3.8) is 0 Å². The molecule has 31 heavy (non-hydrogen) atoms. The number of fused-ring (bicyclic) bond motifs is 1. The van der Waals surface area contributed by atoms with E-state index in [1.807, 2.05) is 42.3 Å². The van der Waals surface area contributed by atoms with Crippen molar-refractivity contribution in [3.05, 3.63) is 41.3 Å². The van der Waals surface area contributed by atoms with Crippen LogP contribution in [-0.4, -0.2) is 63.4 Å². The number of nitrogens with zero attached hydrogens (tertiary/aromatic N) is 6. The Morgan fingerprint density at radius 1 is 1.16 bits per heavy atom. The van der Waals surface area contributed by atoms with Gasteiger partial charge in [-0.15, -0.1) is 0 Å². The summed E-state index contributed by atoms with van der Waals surface area (Å²) in [6.45, 7) is 9.54. The van der Waals surface area contributed by atoms with Gasteiger partial charge in [0.1, 0.15) is 11.6 Å². The Bertz CT molecular complexity index is 1070. The maximum Gasteiger partial charge on any atom is 0.317 e. The molecular formula is C22H28ClN7O. The van der Waals surface area contributed by atoms with Gasteiger partial charge < -0.3 is 15.1 Å². The predicted octanol–water partition coefficient (Wildman–Crippen LogP) is 3.83. The number of anilines is 1. The van der Waals surface area contributed by atoms with E-state index in [4.69, 9.17) is 21.6 Å². The average Bonchev–Trinajstić information content (AvgIpc) is 3.22. The van der Waals surface area contributed by atoms with Crippen LogP contribution in [0.15, 0.2) is 30.5 Å². The highest BCUT2D eigenvalue weighted by Crippen LogP contribution is 2.30. The van der Waals surface area contributed by atoms with Gasteiger partial charge in [-0.05, 0) is 25.5 Å².